The Kier molecular flexibility index (Phi) is 10.0. The molecule has 2 N–H and O–H groups in total. The molecule has 0 radical (unpaired) electrons. The monoisotopic (exact) mass is 678 g/mol. The summed E-state index contributed by atoms with van der Waals surface area (Å²) in [5.41, 5.74) is -0.395. The van der Waals surface area contributed by atoms with Gasteiger partial charge in [-0.05, 0) is 66.7 Å². The van der Waals surface area contributed by atoms with Crippen molar-refractivity contribution in [2.24, 2.45) is 0 Å². The number of rotatable bonds is 10. The molecule has 1 aliphatic heterocycles. The number of benzene rings is 3. The Bertz CT molecular complexity index is 1810. The number of alkyl halides is 3. The number of hydrogen-bond donors (Lipinski definition) is 2. The van der Waals surface area contributed by atoms with Crippen molar-refractivity contribution in [3.05, 3.63) is 95.6 Å². The molecule has 242 valence electrons. The summed E-state index contributed by atoms with van der Waals surface area (Å²) in [6.45, 7) is 0.743. The lowest BCUT2D eigenvalue weighted by Crippen LogP contribution is -2.40. The fourth-order valence-electron chi connectivity index (χ4n) is 4.43. The van der Waals surface area contributed by atoms with Crippen LogP contribution >= 0.6 is 11.8 Å². The highest BCUT2D eigenvalue weighted by Gasteiger charge is 2.31. The van der Waals surface area contributed by atoms with Crippen molar-refractivity contribution in [1.29, 1.82) is 0 Å². The minimum Gasteiger partial charge on any atom is -0.379 e. The molecule has 0 spiro atoms. The number of sulfonamides is 1. The Labute approximate surface area is 265 Å². The fraction of sp³-hybridized carbons (Fsp3) is 0.241. The van der Waals surface area contributed by atoms with Gasteiger partial charge in [0.15, 0.2) is 11.0 Å². The van der Waals surface area contributed by atoms with Gasteiger partial charge in [-0.3, -0.25) is 14.2 Å². The van der Waals surface area contributed by atoms with E-state index in [-0.39, 0.29) is 65.7 Å². The average molecular weight is 679 g/mol. The molecule has 0 unspecified atom stereocenters. The second kappa shape index (κ2) is 14.0. The quantitative estimate of drug-likeness (QED) is 0.189. The van der Waals surface area contributed by atoms with Gasteiger partial charge in [-0.15, -0.1) is 10.2 Å². The van der Waals surface area contributed by atoms with E-state index in [1.54, 1.807) is 0 Å². The number of nitrogens with zero attached hydrogens (tertiary/aromatic N) is 4. The molecule has 0 aliphatic carbocycles. The zero-order chi connectivity index (χ0) is 32.9. The van der Waals surface area contributed by atoms with Gasteiger partial charge in [0.1, 0.15) is 5.82 Å². The molecule has 3 aromatic carbocycles. The lowest BCUT2D eigenvalue weighted by molar-refractivity contribution is -0.137. The number of halogens is 4. The summed E-state index contributed by atoms with van der Waals surface area (Å²) < 4.78 is 87.3. The number of aromatic nitrogens is 3. The van der Waals surface area contributed by atoms with Crippen LogP contribution in [0.25, 0.3) is 5.69 Å². The number of morpholine rings is 1. The Balaban J connectivity index is 1.32. The number of nitrogens with one attached hydrogen (secondary N) is 2. The summed E-state index contributed by atoms with van der Waals surface area (Å²) in [7, 11) is -3.76. The predicted octanol–water partition coefficient (Wildman–Crippen LogP) is 4.11. The second-order valence-corrected chi connectivity index (χ2v) is 12.7. The molecule has 11 nitrogen and oxygen atoms in total. The summed E-state index contributed by atoms with van der Waals surface area (Å²) >= 11 is 0.893. The van der Waals surface area contributed by atoms with Gasteiger partial charge in [0.05, 0.1) is 41.7 Å². The van der Waals surface area contributed by atoms with Crippen LogP contribution in [-0.4, -0.2) is 71.4 Å². The Morgan fingerprint density at radius 3 is 2.33 bits per heavy atom. The standard InChI is InChI=1S/C29H26F4N6O5S2/c30-21-6-8-22(9-7-21)35-26(40)18-45-28-37-36-25(39(28)23-3-1-2-20(16-23)29(31,32)33)17-34-27(41)19-4-10-24(11-5-19)46(42,43)38-12-14-44-15-13-38/h1-11,16H,12-15,17-18H2,(H,34,41)(H,35,40). The van der Waals surface area contributed by atoms with Gasteiger partial charge in [0, 0.05) is 24.3 Å². The van der Waals surface area contributed by atoms with Crippen molar-refractivity contribution in [2.75, 3.05) is 37.4 Å². The summed E-state index contributed by atoms with van der Waals surface area (Å²) in [6.07, 6.45) is -4.64. The van der Waals surface area contributed by atoms with E-state index in [0.29, 0.717) is 5.69 Å². The molecule has 1 aliphatic rings. The van der Waals surface area contributed by atoms with Crippen LogP contribution in [0.3, 0.4) is 0 Å². The molecule has 1 fully saturated rings. The normalized spacial score (nSPS) is 14.2. The maximum atomic E-state index is 13.5. The van der Waals surface area contributed by atoms with Crippen molar-refractivity contribution in [2.45, 2.75) is 22.8 Å². The van der Waals surface area contributed by atoms with Crippen LogP contribution in [-0.2, 0) is 32.3 Å². The minimum atomic E-state index is -4.64. The molecular weight excluding hydrogens is 652 g/mol. The topological polar surface area (TPSA) is 136 Å². The third-order valence-electron chi connectivity index (χ3n) is 6.72. The minimum absolute atomic E-state index is 0.0142. The number of anilines is 1. The van der Waals surface area contributed by atoms with Crippen molar-refractivity contribution in [3.8, 4) is 5.69 Å². The summed E-state index contributed by atoms with van der Waals surface area (Å²) in [5, 5.41) is 13.4. The number of hydrogen-bond acceptors (Lipinski definition) is 8. The number of thioether (sulfide) groups is 1. The SMILES string of the molecule is O=C(CSc1nnc(CNC(=O)c2ccc(S(=O)(=O)N3CCOCC3)cc2)n1-c1cccc(C(F)(F)F)c1)Nc1ccc(F)cc1. The first-order valence-corrected chi connectivity index (χ1v) is 16.1. The first kappa shape index (κ1) is 33.1. The number of carbonyl (C=O) groups is 2. The van der Waals surface area contributed by atoms with Crippen molar-refractivity contribution >= 4 is 39.3 Å². The lowest BCUT2D eigenvalue weighted by atomic mass is 10.2. The summed E-state index contributed by atoms with van der Waals surface area (Å²) in [5.74, 6) is -1.69. The largest absolute Gasteiger partial charge is 0.416 e. The van der Waals surface area contributed by atoms with Crippen LogP contribution in [0.2, 0.25) is 0 Å². The third-order valence-corrected chi connectivity index (χ3v) is 9.57. The van der Waals surface area contributed by atoms with E-state index in [2.05, 4.69) is 20.8 Å². The van der Waals surface area contributed by atoms with Crippen molar-refractivity contribution < 1.29 is 40.3 Å². The molecular formula is C29H26F4N6O5S2. The van der Waals surface area contributed by atoms with Crippen LogP contribution in [0.1, 0.15) is 21.7 Å². The molecule has 0 atom stereocenters. The van der Waals surface area contributed by atoms with Crippen LogP contribution in [0.4, 0.5) is 23.2 Å². The molecule has 0 saturated carbocycles. The van der Waals surface area contributed by atoms with E-state index >= 15 is 0 Å². The van der Waals surface area contributed by atoms with Crippen LogP contribution in [0, 0.1) is 5.82 Å². The first-order chi connectivity index (χ1) is 21.9. The van der Waals surface area contributed by atoms with E-state index in [0.717, 1.165) is 23.9 Å². The summed E-state index contributed by atoms with van der Waals surface area (Å²) in [4.78, 5) is 25.5. The van der Waals surface area contributed by atoms with Crippen LogP contribution in [0.5, 0.6) is 0 Å². The highest BCUT2D eigenvalue weighted by Crippen LogP contribution is 2.32. The van der Waals surface area contributed by atoms with E-state index < -0.39 is 39.4 Å². The van der Waals surface area contributed by atoms with Gasteiger partial charge in [0.25, 0.3) is 5.91 Å². The molecule has 1 saturated heterocycles. The highest BCUT2D eigenvalue weighted by molar-refractivity contribution is 7.99. The molecule has 5 rings (SSSR count). The summed E-state index contributed by atoms with van der Waals surface area (Å²) in [6, 6.07) is 14.8. The predicted molar refractivity (Wildman–Crippen MR) is 159 cm³/mol. The zero-order valence-electron chi connectivity index (χ0n) is 23.8. The van der Waals surface area contributed by atoms with E-state index in [4.69, 9.17) is 4.74 Å². The van der Waals surface area contributed by atoms with Crippen LogP contribution in [0.15, 0.2) is 82.8 Å². The second-order valence-electron chi connectivity index (χ2n) is 9.85. The number of carbonyl (C=O) groups excluding carboxylic acids is 2. The fourth-order valence-corrected chi connectivity index (χ4v) is 6.60. The molecule has 2 heterocycles. The molecule has 46 heavy (non-hydrogen) atoms. The van der Waals surface area contributed by atoms with E-state index in [9.17, 15) is 35.6 Å². The number of ether oxygens (including phenoxy) is 1. The van der Waals surface area contributed by atoms with Gasteiger partial charge < -0.3 is 15.4 Å². The smallest absolute Gasteiger partial charge is 0.379 e. The van der Waals surface area contributed by atoms with Crippen molar-refractivity contribution in [1.82, 2.24) is 24.4 Å². The molecule has 4 aromatic rings. The van der Waals surface area contributed by atoms with E-state index in [1.807, 2.05) is 0 Å². The Hall–Kier alpha value is -4.32. The highest BCUT2D eigenvalue weighted by atomic mass is 32.2. The Morgan fingerprint density at radius 1 is 0.957 bits per heavy atom. The van der Waals surface area contributed by atoms with Gasteiger partial charge in [0.2, 0.25) is 15.9 Å². The van der Waals surface area contributed by atoms with E-state index in [1.165, 1.54) is 69.5 Å². The maximum absolute atomic E-state index is 13.5. The number of amides is 2. The van der Waals surface area contributed by atoms with Crippen molar-refractivity contribution in [3.63, 3.8) is 0 Å². The zero-order valence-corrected chi connectivity index (χ0v) is 25.5. The van der Waals surface area contributed by atoms with Gasteiger partial charge in [-0.1, -0.05) is 17.8 Å². The first-order valence-electron chi connectivity index (χ1n) is 13.7. The average Bonchev–Trinajstić information content (AvgIpc) is 3.46. The Morgan fingerprint density at radius 2 is 1.65 bits per heavy atom. The molecule has 2 amide bonds. The van der Waals surface area contributed by atoms with Crippen LogP contribution < -0.4 is 10.6 Å². The molecule has 1 aromatic heterocycles. The van der Waals surface area contributed by atoms with Gasteiger partial charge in [-0.25, -0.2) is 12.8 Å². The van der Waals surface area contributed by atoms with Gasteiger partial charge >= 0.3 is 6.18 Å². The lowest BCUT2D eigenvalue weighted by Gasteiger charge is -2.26. The van der Waals surface area contributed by atoms with Gasteiger partial charge in [-0.2, -0.15) is 17.5 Å². The molecule has 17 heteroatoms. The third kappa shape index (κ3) is 7.90. The maximum Gasteiger partial charge on any atom is 0.416 e. The molecule has 0 bridgehead atoms.